The van der Waals surface area contributed by atoms with E-state index >= 15 is 0 Å². The summed E-state index contributed by atoms with van der Waals surface area (Å²) in [5, 5.41) is 0. The van der Waals surface area contributed by atoms with Gasteiger partial charge < -0.3 is 4.57 Å². The first kappa shape index (κ1) is 20.7. The summed E-state index contributed by atoms with van der Waals surface area (Å²) in [6.45, 7) is 12.4. The van der Waals surface area contributed by atoms with Gasteiger partial charge in [-0.05, 0) is 29.2 Å². The zero-order valence-corrected chi connectivity index (χ0v) is 16.5. The molecule has 0 spiro atoms. The lowest BCUT2D eigenvalue weighted by Crippen LogP contribution is -1.92. The number of hydrogen-bond donors (Lipinski definition) is 0. The number of aromatic nitrogens is 2. The van der Waals surface area contributed by atoms with Crippen LogP contribution in [-0.4, -0.2) is 9.55 Å². The van der Waals surface area contributed by atoms with E-state index in [9.17, 15) is 0 Å². The molecule has 3 aromatic rings. The van der Waals surface area contributed by atoms with Gasteiger partial charge in [-0.2, -0.15) is 0 Å². The summed E-state index contributed by atoms with van der Waals surface area (Å²) in [7, 11) is 0. The van der Waals surface area contributed by atoms with Crippen molar-refractivity contribution in [3.8, 4) is 5.69 Å². The van der Waals surface area contributed by atoms with Gasteiger partial charge in [-0.3, -0.25) is 0 Å². The SMILES string of the molecule is CC.CC.CC(C)c1ccc(-n2cnc(Cc3ccccc3)c2)cc1. The molecule has 2 aromatic carbocycles. The first-order valence-corrected chi connectivity index (χ1v) is 9.39. The van der Waals surface area contributed by atoms with Crippen molar-refractivity contribution in [2.24, 2.45) is 0 Å². The molecule has 0 aliphatic heterocycles. The minimum atomic E-state index is 0.565. The third-order valence-corrected chi connectivity index (χ3v) is 3.72. The van der Waals surface area contributed by atoms with Crippen LogP contribution in [0.5, 0.6) is 0 Å². The summed E-state index contributed by atoms with van der Waals surface area (Å²) >= 11 is 0. The maximum atomic E-state index is 4.51. The third-order valence-electron chi connectivity index (χ3n) is 3.72. The molecule has 0 unspecified atom stereocenters. The van der Waals surface area contributed by atoms with Crippen LogP contribution in [0.15, 0.2) is 67.1 Å². The normalized spacial score (nSPS) is 9.72. The van der Waals surface area contributed by atoms with Crippen LogP contribution in [0, 0.1) is 0 Å². The molecule has 134 valence electrons. The highest BCUT2D eigenvalue weighted by Gasteiger charge is 2.03. The molecule has 0 bridgehead atoms. The molecule has 0 amide bonds. The molecule has 0 saturated carbocycles. The van der Waals surface area contributed by atoms with Gasteiger partial charge >= 0.3 is 0 Å². The quantitative estimate of drug-likeness (QED) is 0.522. The van der Waals surface area contributed by atoms with Gasteiger partial charge in [0.2, 0.25) is 0 Å². The van der Waals surface area contributed by atoms with Crippen molar-refractivity contribution >= 4 is 0 Å². The predicted molar refractivity (Wildman–Crippen MR) is 110 cm³/mol. The van der Waals surface area contributed by atoms with Crippen LogP contribution < -0.4 is 0 Å². The smallest absolute Gasteiger partial charge is 0.0995 e. The van der Waals surface area contributed by atoms with Crippen LogP contribution in [0.3, 0.4) is 0 Å². The second-order valence-electron chi connectivity index (χ2n) is 5.68. The van der Waals surface area contributed by atoms with E-state index in [4.69, 9.17) is 0 Å². The lowest BCUT2D eigenvalue weighted by atomic mass is 10.0. The minimum Gasteiger partial charge on any atom is -0.306 e. The highest BCUT2D eigenvalue weighted by atomic mass is 15.0. The summed E-state index contributed by atoms with van der Waals surface area (Å²) in [6, 6.07) is 19.1. The zero-order chi connectivity index (χ0) is 18.7. The lowest BCUT2D eigenvalue weighted by Gasteiger charge is -2.07. The molecule has 3 rings (SSSR count). The second kappa shape index (κ2) is 11.2. The van der Waals surface area contributed by atoms with Crippen molar-refractivity contribution in [1.82, 2.24) is 9.55 Å². The van der Waals surface area contributed by atoms with Gasteiger partial charge in [0.25, 0.3) is 0 Å². The van der Waals surface area contributed by atoms with Crippen LogP contribution >= 0.6 is 0 Å². The fraction of sp³-hybridized carbons (Fsp3) is 0.348. The topological polar surface area (TPSA) is 17.8 Å². The van der Waals surface area contributed by atoms with E-state index in [1.165, 1.54) is 11.1 Å². The molecule has 0 aliphatic carbocycles. The van der Waals surface area contributed by atoms with Gasteiger partial charge in [0, 0.05) is 18.3 Å². The molecule has 1 aromatic heterocycles. The Kier molecular flexibility index (Phi) is 9.31. The Balaban J connectivity index is 0.000000730. The highest BCUT2D eigenvalue weighted by Crippen LogP contribution is 2.17. The molecule has 1 heterocycles. The maximum absolute atomic E-state index is 4.51. The van der Waals surface area contributed by atoms with Crippen LogP contribution in [-0.2, 0) is 6.42 Å². The largest absolute Gasteiger partial charge is 0.306 e. The Labute approximate surface area is 153 Å². The third kappa shape index (κ3) is 6.22. The van der Waals surface area contributed by atoms with Gasteiger partial charge in [-0.1, -0.05) is 84.0 Å². The van der Waals surface area contributed by atoms with Crippen molar-refractivity contribution in [2.75, 3.05) is 0 Å². The molecule has 0 atom stereocenters. The first-order valence-electron chi connectivity index (χ1n) is 9.39. The number of rotatable bonds is 4. The summed E-state index contributed by atoms with van der Waals surface area (Å²) in [5.74, 6) is 0.565. The van der Waals surface area contributed by atoms with Crippen LogP contribution in [0.25, 0.3) is 5.69 Å². The Morgan fingerprint density at radius 3 is 2.00 bits per heavy atom. The Bertz CT molecular complexity index is 694. The minimum absolute atomic E-state index is 0.565. The fourth-order valence-corrected chi connectivity index (χ4v) is 2.43. The van der Waals surface area contributed by atoms with Crippen molar-refractivity contribution in [2.45, 2.75) is 53.9 Å². The number of nitrogens with zero attached hydrogens (tertiary/aromatic N) is 2. The molecule has 0 fully saturated rings. The first-order chi connectivity index (χ1) is 12.2. The van der Waals surface area contributed by atoms with Crippen molar-refractivity contribution < 1.29 is 0 Å². The average Bonchev–Trinajstić information content (AvgIpc) is 3.14. The number of imidazole rings is 1. The predicted octanol–water partition coefficient (Wildman–Crippen LogP) is 6.64. The Hall–Kier alpha value is -2.35. The van der Waals surface area contributed by atoms with Gasteiger partial charge in [-0.15, -0.1) is 0 Å². The van der Waals surface area contributed by atoms with Crippen LogP contribution in [0.2, 0.25) is 0 Å². The van der Waals surface area contributed by atoms with Gasteiger partial charge in [0.1, 0.15) is 0 Å². The summed E-state index contributed by atoms with van der Waals surface area (Å²) in [4.78, 5) is 4.51. The van der Waals surface area contributed by atoms with E-state index in [1.807, 2.05) is 40.1 Å². The summed E-state index contributed by atoms with van der Waals surface area (Å²) in [5.41, 5.74) is 4.90. The number of hydrogen-bond acceptors (Lipinski definition) is 1. The van der Waals surface area contributed by atoms with Crippen molar-refractivity contribution in [3.05, 3.63) is 83.9 Å². The molecule has 2 nitrogen and oxygen atoms in total. The molecule has 0 aliphatic rings. The lowest BCUT2D eigenvalue weighted by molar-refractivity contribution is 0.865. The average molecular weight is 337 g/mol. The van der Waals surface area contributed by atoms with E-state index in [2.05, 4.69) is 78.1 Å². The molecule has 0 radical (unpaired) electrons. The van der Waals surface area contributed by atoms with Gasteiger partial charge in [-0.25, -0.2) is 4.98 Å². The molecule has 0 N–H and O–H groups in total. The standard InChI is InChI=1S/C19H20N2.2C2H6/c1-15(2)17-8-10-19(11-9-17)21-13-18(20-14-21)12-16-6-4-3-5-7-16;2*1-2/h3-11,13-15H,12H2,1-2H3;2*1-2H3. The van der Waals surface area contributed by atoms with Crippen LogP contribution in [0.1, 0.15) is 64.3 Å². The maximum Gasteiger partial charge on any atom is 0.0995 e. The van der Waals surface area contributed by atoms with Crippen LogP contribution in [0.4, 0.5) is 0 Å². The van der Waals surface area contributed by atoms with E-state index < -0.39 is 0 Å². The summed E-state index contributed by atoms with van der Waals surface area (Å²) < 4.78 is 2.09. The molecule has 2 heteroatoms. The van der Waals surface area contributed by atoms with Crippen molar-refractivity contribution in [1.29, 1.82) is 0 Å². The summed E-state index contributed by atoms with van der Waals surface area (Å²) in [6.07, 6.45) is 4.87. The molecule has 25 heavy (non-hydrogen) atoms. The van der Waals surface area contributed by atoms with E-state index in [-0.39, 0.29) is 0 Å². The van der Waals surface area contributed by atoms with Crippen molar-refractivity contribution in [3.63, 3.8) is 0 Å². The molecular formula is C23H32N2. The Morgan fingerprint density at radius 2 is 1.44 bits per heavy atom. The van der Waals surface area contributed by atoms with E-state index in [1.54, 1.807) is 0 Å². The molecular weight excluding hydrogens is 304 g/mol. The fourth-order valence-electron chi connectivity index (χ4n) is 2.43. The second-order valence-corrected chi connectivity index (χ2v) is 5.68. The monoisotopic (exact) mass is 336 g/mol. The highest BCUT2D eigenvalue weighted by molar-refractivity contribution is 5.36. The van der Waals surface area contributed by atoms with Gasteiger partial charge in [0.05, 0.1) is 12.0 Å². The van der Waals surface area contributed by atoms with E-state index in [0.717, 1.165) is 17.8 Å². The van der Waals surface area contributed by atoms with Gasteiger partial charge in [0.15, 0.2) is 0 Å². The van der Waals surface area contributed by atoms with E-state index in [0.29, 0.717) is 5.92 Å². The Morgan fingerprint density at radius 1 is 0.840 bits per heavy atom. The number of benzene rings is 2. The molecule has 0 saturated heterocycles. The zero-order valence-electron chi connectivity index (χ0n) is 16.5.